The van der Waals surface area contributed by atoms with Crippen molar-refractivity contribution < 1.29 is 27.4 Å². The van der Waals surface area contributed by atoms with E-state index in [1.807, 2.05) is 0 Å². The first-order valence-corrected chi connectivity index (χ1v) is 6.50. The Balaban J connectivity index is 2.56. The van der Waals surface area contributed by atoms with Crippen molar-refractivity contribution in [3.63, 3.8) is 0 Å². The van der Waals surface area contributed by atoms with Crippen molar-refractivity contribution in [3.05, 3.63) is 29.6 Å². The first-order valence-electron chi connectivity index (χ1n) is 6.50. The van der Waals surface area contributed by atoms with Gasteiger partial charge in [-0.2, -0.15) is 13.2 Å². The fourth-order valence-electron chi connectivity index (χ4n) is 1.94. The third-order valence-corrected chi connectivity index (χ3v) is 3.13. The van der Waals surface area contributed by atoms with Gasteiger partial charge in [-0.05, 0) is 25.6 Å². The molecule has 1 rings (SSSR count). The summed E-state index contributed by atoms with van der Waals surface area (Å²) in [6.07, 6.45) is -6.13. The smallest absolute Gasteiger partial charge is 0.390 e. The van der Waals surface area contributed by atoms with Gasteiger partial charge in [0.25, 0.3) is 0 Å². The largest absolute Gasteiger partial charge is 0.496 e. The number of aliphatic hydroxyl groups excluding tert-OH is 1. The van der Waals surface area contributed by atoms with Crippen LogP contribution in [0.2, 0.25) is 0 Å². The Morgan fingerprint density at radius 2 is 1.95 bits per heavy atom. The molecular weight excluding hydrogens is 290 g/mol. The number of nitrogens with zero attached hydrogens (tertiary/aromatic N) is 1. The van der Waals surface area contributed by atoms with Gasteiger partial charge in [-0.25, -0.2) is 4.39 Å². The molecule has 1 N–H and O–H groups in total. The standard InChI is InChI=1S/C14H19F4NO2/c1-19(9-7-14(16,17)18)8-6-11(20)13-10(15)4-3-5-12(13)21-2/h3-5,11,20H,6-9H2,1-2H3. The molecule has 0 saturated carbocycles. The van der Waals surface area contributed by atoms with Crippen LogP contribution in [0.5, 0.6) is 5.75 Å². The second-order valence-electron chi connectivity index (χ2n) is 4.83. The predicted molar refractivity (Wildman–Crippen MR) is 70.7 cm³/mol. The average molecular weight is 309 g/mol. The zero-order valence-corrected chi connectivity index (χ0v) is 12.0. The Hall–Kier alpha value is -1.34. The summed E-state index contributed by atoms with van der Waals surface area (Å²) in [7, 11) is 2.89. The second kappa shape index (κ2) is 7.61. The lowest BCUT2D eigenvalue weighted by atomic mass is 10.0. The van der Waals surface area contributed by atoms with Crippen LogP contribution >= 0.6 is 0 Å². The third-order valence-electron chi connectivity index (χ3n) is 3.13. The molecule has 0 spiro atoms. The van der Waals surface area contributed by atoms with E-state index in [1.165, 1.54) is 37.3 Å². The number of hydrogen-bond acceptors (Lipinski definition) is 3. The maximum Gasteiger partial charge on any atom is 0.390 e. The maximum atomic E-state index is 13.7. The molecule has 0 aliphatic heterocycles. The highest BCUT2D eigenvalue weighted by atomic mass is 19.4. The summed E-state index contributed by atoms with van der Waals surface area (Å²) in [6, 6.07) is 4.18. The molecule has 0 radical (unpaired) electrons. The van der Waals surface area contributed by atoms with E-state index in [1.54, 1.807) is 0 Å². The molecule has 0 saturated heterocycles. The molecule has 0 amide bonds. The van der Waals surface area contributed by atoms with Gasteiger partial charge in [0.05, 0.1) is 25.2 Å². The molecule has 0 fully saturated rings. The molecule has 1 aromatic rings. The number of rotatable bonds is 7. The fraction of sp³-hybridized carbons (Fsp3) is 0.571. The number of ether oxygens (including phenoxy) is 1. The number of benzene rings is 1. The van der Waals surface area contributed by atoms with Gasteiger partial charge < -0.3 is 14.7 Å². The minimum atomic E-state index is -4.21. The minimum absolute atomic E-state index is 0.0317. The number of hydrogen-bond donors (Lipinski definition) is 1. The first kappa shape index (κ1) is 17.7. The van der Waals surface area contributed by atoms with E-state index in [0.29, 0.717) is 0 Å². The molecule has 1 atom stereocenters. The molecule has 7 heteroatoms. The van der Waals surface area contributed by atoms with E-state index in [2.05, 4.69) is 0 Å². The lowest BCUT2D eigenvalue weighted by Gasteiger charge is -2.21. The first-order chi connectivity index (χ1) is 9.74. The number of methoxy groups -OCH3 is 1. The van der Waals surface area contributed by atoms with Gasteiger partial charge in [0, 0.05) is 13.1 Å². The average Bonchev–Trinajstić information content (AvgIpc) is 2.41. The molecule has 1 aromatic carbocycles. The maximum absolute atomic E-state index is 13.7. The number of alkyl halides is 3. The number of aliphatic hydroxyl groups is 1. The highest BCUT2D eigenvalue weighted by Gasteiger charge is 2.27. The Kier molecular flexibility index (Phi) is 6.42. The van der Waals surface area contributed by atoms with E-state index >= 15 is 0 Å². The molecule has 0 aliphatic carbocycles. The van der Waals surface area contributed by atoms with Crippen LogP contribution in [-0.4, -0.2) is 43.4 Å². The van der Waals surface area contributed by atoms with Crippen LogP contribution in [0.15, 0.2) is 18.2 Å². The summed E-state index contributed by atoms with van der Waals surface area (Å²) < 4.78 is 55.0. The van der Waals surface area contributed by atoms with Gasteiger partial charge >= 0.3 is 6.18 Å². The Morgan fingerprint density at radius 3 is 2.52 bits per heavy atom. The van der Waals surface area contributed by atoms with Crippen molar-refractivity contribution in [2.24, 2.45) is 0 Å². The van der Waals surface area contributed by atoms with Crippen LogP contribution in [0.4, 0.5) is 17.6 Å². The van der Waals surface area contributed by atoms with Crippen LogP contribution in [0.25, 0.3) is 0 Å². The molecule has 0 aromatic heterocycles. The van der Waals surface area contributed by atoms with Crippen molar-refractivity contribution in [3.8, 4) is 5.75 Å². The topological polar surface area (TPSA) is 32.7 Å². The normalized spacial score (nSPS) is 13.5. The molecule has 0 bridgehead atoms. The van der Waals surface area contributed by atoms with Crippen molar-refractivity contribution in [2.45, 2.75) is 25.1 Å². The van der Waals surface area contributed by atoms with Crippen LogP contribution in [0.1, 0.15) is 24.5 Å². The Bertz CT molecular complexity index is 451. The van der Waals surface area contributed by atoms with Crippen molar-refractivity contribution in [1.82, 2.24) is 4.90 Å². The summed E-state index contributed by atoms with van der Waals surface area (Å²) in [5, 5.41) is 10.0. The molecule has 3 nitrogen and oxygen atoms in total. The van der Waals surface area contributed by atoms with Crippen LogP contribution < -0.4 is 4.74 Å². The summed E-state index contributed by atoms with van der Waals surface area (Å²) in [6.45, 7) is 0.0549. The fourth-order valence-corrected chi connectivity index (χ4v) is 1.94. The van der Waals surface area contributed by atoms with Gasteiger partial charge in [-0.15, -0.1) is 0 Å². The van der Waals surface area contributed by atoms with Crippen LogP contribution in [-0.2, 0) is 0 Å². The van der Waals surface area contributed by atoms with Gasteiger partial charge in [0.2, 0.25) is 0 Å². The highest BCUT2D eigenvalue weighted by Crippen LogP contribution is 2.29. The van der Waals surface area contributed by atoms with E-state index in [4.69, 9.17) is 4.74 Å². The van der Waals surface area contributed by atoms with Gasteiger partial charge in [-0.1, -0.05) is 6.07 Å². The summed E-state index contributed by atoms with van der Waals surface area (Å²) in [5.41, 5.74) is 0.0317. The summed E-state index contributed by atoms with van der Waals surface area (Å²) in [4.78, 5) is 1.45. The minimum Gasteiger partial charge on any atom is -0.496 e. The Morgan fingerprint density at radius 1 is 1.29 bits per heavy atom. The van der Waals surface area contributed by atoms with Gasteiger partial charge in [-0.3, -0.25) is 0 Å². The lowest BCUT2D eigenvalue weighted by Crippen LogP contribution is -2.26. The third kappa shape index (κ3) is 5.89. The molecule has 0 heterocycles. The quantitative estimate of drug-likeness (QED) is 0.786. The van der Waals surface area contributed by atoms with E-state index in [0.717, 1.165) is 0 Å². The zero-order chi connectivity index (χ0) is 16.0. The summed E-state index contributed by atoms with van der Waals surface area (Å²) >= 11 is 0. The lowest BCUT2D eigenvalue weighted by molar-refractivity contribution is -0.137. The SMILES string of the molecule is COc1cccc(F)c1C(O)CCN(C)CCC(F)(F)F. The molecule has 0 aliphatic rings. The zero-order valence-electron chi connectivity index (χ0n) is 12.0. The molecule has 21 heavy (non-hydrogen) atoms. The Labute approximate surface area is 121 Å². The highest BCUT2D eigenvalue weighted by molar-refractivity contribution is 5.36. The van der Waals surface area contributed by atoms with Gasteiger partial charge in [0.1, 0.15) is 11.6 Å². The number of halogens is 4. The second-order valence-corrected chi connectivity index (χ2v) is 4.83. The van der Waals surface area contributed by atoms with E-state index in [-0.39, 0.29) is 30.8 Å². The monoisotopic (exact) mass is 309 g/mol. The van der Waals surface area contributed by atoms with E-state index < -0.39 is 24.5 Å². The van der Waals surface area contributed by atoms with Crippen molar-refractivity contribution in [2.75, 3.05) is 27.2 Å². The van der Waals surface area contributed by atoms with Crippen LogP contribution in [0, 0.1) is 5.82 Å². The van der Waals surface area contributed by atoms with Crippen molar-refractivity contribution >= 4 is 0 Å². The molecule has 120 valence electrons. The van der Waals surface area contributed by atoms with Crippen molar-refractivity contribution in [1.29, 1.82) is 0 Å². The molecule has 1 unspecified atom stereocenters. The van der Waals surface area contributed by atoms with E-state index in [9.17, 15) is 22.7 Å². The van der Waals surface area contributed by atoms with Gasteiger partial charge in [0.15, 0.2) is 0 Å². The molecular formula is C14H19F4NO2. The van der Waals surface area contributed by atoms with Crippen LogP contribution in [0.3, 0.4) is 0 Å². The predicted octanol–water partition coefficient (Wildman–Crippen LogP) is 3.14. The summed E-state index contributed by atoms with van der Waals surface area (Å²) in [5.74, 6) is -0.375.